The van der Waals surface area contributed by atoms with E-state index in [1.165, 1.54) is 57.8 Å². The van der Waals surface area contributed by atoms with Crippen LogP contribution < -0.4 is 0 Å². The molecule has 0 aliphatic heterocycles. The lowest BCUT2D eigenvalue weighted by Crippen LogP contribution is -2.64. The minimum atomic E-state index is 0.394. The molecule has 5 rings (SSSR count). The first-order valence-corrected chi connectivity index (χ1v) is 14.7. The Morgan fingerprint density at radius 3 is 2.06 bits per heavy atom. The molecular weight excluding hydrogens is 396 g/mol. The molecular formula is C33H56. The molecule has 5 aliphatic rings. The maximum Gasteiger partial charge on any atom is -0.00565 e. The van der Waals surface area contributed by atoms with Crippen molar-refractivity contribution in [3.63, 3.8) is 0 Å². The number of hydrogen-bond donors (Lipinski definition) is 0. The fourth-order valence-corrected chi connectivity index (χ4v) is 11.9. The van der Waals surface area contributed by atoms with Crippen LogP contribution in [-0.4, -0.2) is 0 Å². The molecule has 188 valence electrons. The fourth-order valence-electron chi connectivity index (χ4n) is 11.9. The Kier molecular flexibility index (Phi) is 4.99. The molecule has 0 radical (unpaired) electrons. The highest BCUT2D eigenvalue weighted by atomic mass is 14.7. The third-order valence-corrected chi connectivity index (χ3v) is 14.6. The van der Waals surface area contributed by atoms with Crippen molar-refractivity contribution in [2.24, 2.45) is 61.6 Å². The second-order valence-electron chi connectivity index (χ2n) is 17.0. The van der Waals surface area contributed by atoms with Crippen molar-refractivity contribution in [1.29, 1.82) is 0 Å². The van der Waals surface area contributed by atoms with Crippen LogP contribution in [0.4, 0.5) is 0 Å². The van der Waals surface area contributed by atoms with Gasteiger partial charge in [0.05, 0.1) is 0 Å². The van der Waals surface area contributed by atoms with Crippen molar-refractivity contribution in [1.82, 2.24) is 0 Å². The van der Waals surface area contributed by atoms with Crippen LogP contribution >= 0.6 is 0 Å². The summed E-state index contributed by atoms with van der Waals surface area (Å²) >= 11 is 0. The van der Waals surface area contributed by atoms with Crippen molar-refractivity contribution >= 4 is 0 Å². The van der Waals surface area contributed by atoms with Crippen LogP contribution in [0.1, 0.15) is 134 Å². The van der Waals surface area contributed by atoms with Gasteiger partial charge in [-0.15, -0.1) is 0 Å². The predicted octanol–water partition coefficient (Wildman–Crippen LogP) is 10.1. The molecule has 0 heterocycles. The van der Waals surface area contributed by atoms with Crippen LogP contribution in [-0.2, 0) is 0 Å². The summed E-state index contributed by atoms with van der Waals surface area (Å²) in [5.74, 6) is 3.40. The molecule has 2 unspecified atom stereocenters. The highest BCUT2D eigenvalue weighted by Crippen LogP contribution is 2.77. The van der Waals surface area contributed by atoms with E-state index in [-0.39, 0.29) is 0 Å². The molecule has 0 aromatic heterocycles. The van der Waals surface area contributed by atoms with Crippen LogP contribution in [0.5, 0.6) is 0 Å². The van der Waals surface area contributed by atoms with Crippen molar-refractivity contribution in [3.05, 3.63) is 11.6 Å². The Hall–Kier alpha value is -0.260. The van der Waals surface area contributed by atoms with E-state index in [1.807, 2.05) is 5.57 Å². The molecule has 4 saturated carbocycles. The van der Waals surface area contributed by atoms with E-state index in [1.54, 1.807) is 0 Å². The van der Waals surface area contributed by atoms with E-state index >= 15 is 0 Å². The summed E-state index contributed by atoms with van der Waals surface area (Å²) in [6, 6.07) is 0. The van der Waals surface area contributed by atoms with Gasteiger partial charge < -0.3 is 0 Å². The zero-order valence-corrected chi connectivity index (χ0v) is 24.3. The first-order valence-electron chi connectivity index (χ1n) is 14.7. The van der Waals surface area contributed by atoms with Crippen molar-refractivity contribution in [2.45, 2.75) is 134 Å². The normalized spacial score (nSPS) is 54.2. The summed E-state index contributed by atoms with van der Waals surface area (Å²) < 4.78 is 0. The van der Waals surface area contributed by atoms with Gasteiger partial charge in [-0.2, -0.15) is 0 Å². The molecule has 0 amide bonds. The van der Waals surface area contributed by atoms with Gasteiger partial charge in [-0.05, 0) is 119 Å². The third kappa shape index (κ3) is 2.88. The summed E-state index contributed by atoms with van der Waals surface area (Å²) in [6.45, 7) is 29.1. The zero-order valence-electron chi connectivity index (χ0n) is 24.3. The second-order valence-corrected chi connectivity index (χ2v) is 17.0. The van der Waals surface area contributed by atoms with Gasteiger partial charge >= 0.3 is 0 Å². The van der Waals surface area contributed by atoms with Crippen molar-refractivity contribution in [3.8, 4) is 0 Å². The maximum absolute atomic E-state index is 2.87. The minimum absolute atomic E-state index is 0.394. The Morgan fingerprint density at radius 2 is 1.39 bits per heavy atom. The average molecular weight is 453 g/mol. The van der Waals surface area contributed by atoms with E-state index in [0.29, 0.717) is 37.9 Å². The first kappa shape index (κ1) is 24.4. The third-order valence-electron chi connectivity index (χ3n) is 14.6. The summed E-state index contributed by atoms with van der Waals surface area (Å²) in [5, 5.41) is 0. The van der Waals surface area contributed by atoms with Crippen molar-refractivity contribution < 1.29 is 0 Å². The standard InChI is InChI=1S/C33H56/c1-22-14-16-30(8)25(29(22,6)7)15-17-33(11)26(30)13-12-23-24-20-27(2,3)21-28(4,5)31(24,9)18-19-32(23,33)10/h12,22,24-26H,13-21H2,1-11H3/t22-,24-,25?,26?,30-,31+,32+,33+/m0/s1. The number of allylic oxidation sites excluding steroid dienone is 2. The van der Waals surface area contributed by atoms with E-state index in [2.05, 4.69) is 82.2 Å². The molecule has 0 heteroatoms. The molecule has 0 bridgehead atoms. The van der Waals surface area contributed by atoms with Crippen LogP contribution in [0, 0.1) is 61.6 Å². The van der Waals surface area contributed by atoms with Gasteiger partial charge in [0.25, 0.3) is 0 Å². The maximum atomic E-state index is 2.87. The van der Waals surface area contributed by atoms with E-state index in [9.17, 15) is 0 Å². The van der Waals surface area contributed by atoms with E-state index in [0.717, 1.165) is 23.7 Å². The number of fused-ring (bicyclic) bond motifs is 7. The molecule has 33 heavy (non-hydrogen) atoms. The second kappa shape index (κ2) is 6.73. The molecule has 5 aliphatic carbocycles. The van der Waals surface area contributed by atoms with Gasteiger partial charge in [0.1, 0.15) is 0 Å². The average Bonchev–Trinajstić information content (AvgIpc) is 2.67. The van der Waals surface area contributed by atoms with Gasteiger partial charge in [0.15, 0.2) is 0 Å². The van der Waals surface area contributed by atoms with Gasteiger partial charge in [-0.3, -0.25) is 0 Å². The monoisotopic (exact) mass is 452 g/mol. The smallest absolute Gasteiger partial charge is 0.00565 e. The van der Waals surface area contributed by atoms with Gasteiger partial charge in [0.2, 0.25) is 0 Å². The molecule has 8 atom stereocenters. The van der Waals surface area contributed by atoms with Crippen LogP contribution in [0.15, 0.2) is 11.6 Å². The lowest BCUT2D eigenvalue weighted by atomic mass is 9.32. The predicted molar refractivity (Wildman–Crippen MR) is 143 cm³/mol. The minimum Gasteiger partial charge on any atom is -0.0841 e. The molecule has 0 N–H and O–H groups in total. The molecule has 0 spiro atoms. The molecule has 0 nitrogen and oxygen atoms in total. The Labute approximate surface area is 207 Å². The largest absolute Gasteiger partial charge is 0.0841 e. The topological polar surface area (TPSA) is 0 Å². The first-order chi connectivity index (χ1) is 14.9. The Morgan fingerprint density at radius 1 is 0.727 bits per heavy atom. The van der Waals surface area contributed by atoms with Gasteiger partial charge in [0, 0.05) is 0 Å². The Bertz CT molecular complexity index is 855. The summed E-state index contributed by atoms with van der Waals surface area (Å²) in [6.07, 6.45) is 15.7. The van der Waals surface area contributed by atoms with Crippen LogP contribution in [0.25, 0.3) is 0 Å². The summed E-state index contributed by atoms with van der Waals surface area (Å²) in [4.78, 5) is 0. The Balaban J connectivity index is 1.60. The van der Waals surface area contributed by atoms with Gasteiger partial charge in [-0.1, -0.05) is 87.8 Å². The van der Waals surface area contributed by atoms with Crippen LogP contribution in [0.3, 0.4) is 0 Å². The van der Waals surface area contributed by atoms with Crippen molar-refractivity contribution in [2.75, 3.05) is 0 Å². The zero-order chi connectivity index (χ0) is 24.5. The van der Waals surface area contributed by atoms with E-state index in [4.69, 9.17) is 0 Å². The lowest BCUT2D eigenvalue weighted by molar-refractivity contribution is -0.197. The fraction of sp³-hybridized carbons (Fsp3) is 0.939. The summed E-state index contributed by atoms with van der Waals surface area (Å²) in [7, 11) is 0. The molecule has 0 aromatic rings. The molecule has 4 fully saturated rings. The number of rotatable bonds is 0. The quantitative estimate of drug-likeness (QED) is 0.321. The molecule has 0 saturated heterocycles. The van der Waals surface area contributed by atoms with Crippen LogP contribution in [0.2, 0.25) is 0 Å². The number of hydrogen-bond acceptors (Lipinski definition) is 0. The van der Waals surface area contributed by atoms with E-state index < -0.39 is 0 Å². The lowest BCUT2D eigenvalue weighted by Gasteiger charge is -2.73. The van der Waals surface area contributed by atoms with Gasteiger partial charge in [-0.25, -0.2) is 0 Å². The highest BCUT2D eigenvalue weighted by Gasteiger charge is 2.69. The molecule has 0 aromatic carbocycles. The highest BCUT2D eigenvalue weighted by molar-refractivity contribution is 5.34. The summed E-state index contributed by atoms with van der Waals surface area (Å²) in [5.41, 5.74) is 5.12. The SMILES string of the molecule is C[C@H]1CC[C@@]2(C)C(CC[C@]3(C)C2CC=C2[C@@H]4CC(C)(C)CC(C)(C)[C@]4(C)CC[C@]23C)C1(C)C.